The molecule has 1 amide bonds. The van der Waals surface area contributed by atoms with Gasteiger partial charge in [-0.1, -0.05) is 25.1 Å². The molecule has 1 fully saturated rings. The van der Waals surface area contributed by atoms with E-state index in [2.05, 4.69) is 0 Å². The fourth-order valence-electron chi connectivity index (χ4n) is 2.73. The molecular formula is C17H26N2O2. The summed E-state index contributed by atoms with van der Waals surface area (Å²) in [5.41, 5.74) is 7.09. The van der Waals surface area contributed by atoms with Gasteiger partial charge in [-0.05, 0) is 38.7 Å². The van der Waals surface area contributed by atoms with Crippen molar-refractivity contribution in [3.63, 3.8) is 0 Å². The molecule has 2 rings (SSSR count). The van der Waals surface area contributed by atoms with Gasteiger partial charge in [-0.3, -0.25) is 4.79 Å². The van der Waals surface area contributed by atoms with E-state index >= 15 is 0 Å². The third-order valence-electron chi connectivity index (χ3n) is 4.08. The Balaban J connectivity index is 2.05. The van der Waals surface area contributed by atoms with E-state index in [-0.39, 0.29) is 11.9 Å². The third-order valence-corrected chi connectivity index (χ3v) is 4.08. The second-order valence-electron chi connectivity index (χ2n) is 5.70. The van der Waals surface area contributed by atoms with Gasteiger partial charge in [-0.25, -0.2) is 0 Å². The van der Waals surface area contributed by atoms with Gasteiger partial charge in [-0.2, -0.15) is 0 Å². The zero-order valence-electron chi connectivity index (χ0n) is 13.0. The number of nitrogens with two attached hydrogens (primary N) is 1. The fraction of sp³-hybridized carbons (Fsp3) is 0.588. The Kier molecular flexibility index (Phi) is 5.62. The van der Waals surface area contributed by atoms with E-state index in [1.165, 1.54) is 6.42 Å². The summed E-state index contributed by atoms with van der Waals surface area (Å²) in [6.45, 7) is 5.57. The first kappa shape index (κ1) is 15.8. The van der Waals surface area contributed by atoms with Crippen molar-refractivity contribution < 1.29 is 9.53 Å². The smallest absolute Gasteiger partial charge is 0.263 e. The lowest BCUT2D eigenvalue weighted by Gasteiger charge is -2.29. The number of hydrogen-bond donors (Lipinski definition) is 1. The number of hydrogen-bond acceptors (Lipinski definition) is 3. The van der Waals surface area contributed by atoms with Crippen molar-refractivity contribution in [1.82, 2.24) is 4.90 Å². The van der Waals surface area contributed by atoms with Crippen molar-refractivity contribution in [3.8, 4) is 5.75 Å². The summed E-state index contributed by atoms with van der Waals surface area (Å²) < 4.78 is 5.91. The second kappa shape index (κ2) is 7.46. The van der Waals surface area contributed by atoms with Crippen LogP contribution in [0.3, 0.4) is 0 Å². The number of benzene rings is 1. The lowest BCUT2D eigenvalue weighted by molar-refractivity contribution is -0.138. The first-order chi connectivity index (χ1) is 10.1. The van der Waals surface area contributed by atoms with Crippen molar-refractivity contribution in [2.75, 3.05) is 13.1 Å². The molecule has 0 aromatic heterocycles. The number of amides is 1. The molecule has 116 valence electrons. The largest absolute Gasteiger partial charge is 0.481 e. The Morgan fingerprint density at radius 1 is 1.29 bits per heavy atom. The molecule has 21 heavy (non-hydrogen) atoms. The molecule has 2 atom stereocenters. The van der Waals surface area contributed by atoms with Gasteiger partial charge in [-0.15, -0.1) is 0 Å². The first-order valence-corrected chi connectivity index (χ1v) is 7.93. The van der Waals surface area contributed by atoms with Crippen molar-refractivity contribution in [2.24, 2.45) is 5.73 Å². The molecule has 0 aliphatic carbocycles. The molecular weight excluding hydrogens is 264 g/mol. The molecule has 1 unspecified atom stereocenters. The number of piperidine rings is 1. The van der Waals surface area contributed by atoms with E-state index in [9.17, 15) is 4.79 Å². The maximum atomic E-state index is 12.4. The minimum absolute atomic E-state index is 0.0570. The van der Waals surface area contributed by atoms with Crippen LogP contribution in [-0.4, -0.2) is 30.0 Å². The Morgan fingerprint density at radius 3 is 2.62 bits per heavy atom. The standard InChI is InChI=1S/C17H26N2O2/c1-3-15(18)14-9-5-6-10-16(14)21-13(2)17(20)19-11-7-4-8-12-19/h5-6,9-10,13,15H,3-4,7-8,11-12,18H2,1-2H3/t13?,15-/m1/s1. The SMILES string of the molecule is CC[C@@H](N)c1ccccc1OC(C)C(=O)N1CCCCC1. The van der Waals surface area contributed by atoms with Gasteiger partial charge in [0.1, 0.15) is 5.75 Å². The summed E-state index contributed by atoms with van der Waals surface area (Å²) in [6.07, 6.45) is 3.78. The highest BCUT2D eigenvalue weighted by Gasteiger charge is 2.24. The van der Waals surface area contributed by atoms with Crippen molar-refractivity contribution in [1.29, 1.82) is 0 Å². The Labute approximate surface area is 127 Å². The third kappa shape index (κ3) is 3.97. The van der Waals surface area contributed by atoms with Crippen molar-refractivity contribution >= 4 is 5.91 Å². The average molecular weight is 290 g/mol. The lowest BCUT2D eigenvalue weighted by atomic mass is 10.0. The average Bonchev–Trinajstić information content (AvgIpc) is 2.54. The van der Waals surface area contributed by atoms with Crippen LogP contribution >= 0.6 is 0 Å². The normalized spacial score (nSPS) is 18.1. The maximum absolute atomic E-state index is 12.4. The minimum atomic E-state index is -0.465. The summed E-state index contributed by atoms with van der Waals surface area (Å²) in [4.78, 5) is 14.3. The van der Waals surface area contributed by atoms with E-state index in [4.69, 9.17) is 10.5 Å². The zero-order chi connectivity index (χ0) is 15.2. The molecule has 1 heterocycles. The van der Waals surface area contributed by atoms with Crippen LogP contribution < -0.4 is 10.5 Å². The number of carbonyl (C=O) groups is 1. The number of likely N-dealkylation sites (tertiary alicyclic amines) is 1. The molecule has 1 aliphatic heterocycles. The molecule has 0 radical (unpaired) electrons. The van der Waals surface area contributed by atoms with Gasteiger partial charge in [0.05, 0.1) is 0 Å². The molecule has 0 bridgehead atoms. The molecule has 4 nitrogen and oxygen atoms in total. The van der Waals surface area contributed by atoms with Gasteiger partial charge >= 0.3 is 0 Å². The monoisotopic (exact) mass is 290 g/mol. The van der Waals surface area contributed by atoms with Crippen molar-refractivity contribution in [2.45, 2.75) is 51.7 Å². The minimum Gasteiger partial charge on any atom is -0.481 e. The van der Waals surface area contributed by atoms with Crippen LogP contribution in [0.2, 0.25) is 0 Å². The number of rotatable bonds is 5. The topological polar surface area (TPSA) is 55.6 Å². The number of carbonyl (C=O) groups excluding carboxylic acids is 1. The molecule has 0 spiro atoms. The van der Waals surface area contributed by atoms with E-state index in [0.29, 0.717) is 0 Å². The summed E-state index contributed by atoms with van der Waals surface area (Å²) >= 11 is 0. The Morgan fingerprint density at radius 2 is 1.95 bits per heavy atom. The van der Waals surface area contributed by atoms with E-state index in [1.54, 1.807) is 0 Å². The Hall–Kier alpha value is -1.55. The van der Waals surface area contributed by atoms with Crippen molar-refractivity contribution in [3.05, 3.63) is 29.8 Å². The number of ether oxygens (including phenoxy) is 1. The summed E-state index contributed by atoms with van der Waals surface area (Å²) in [7, 11) is 0. The highest BCUT2D eigenvalue weighted by atomic mass is 16.5. The van der Waals surface area contributed by atoms with Gasteiger partial charge in [0.25, 0.3) is 5.91 Å². The summed E-state index contributed by atoms with van der Waals surface area (Å²) in [5, 5.41) is 0. The highest BCUT2D eigenvalue weighted by molar-refractivity contribution is 5.81. The number of para-hydroxylation sites is 1. The fourth-order valence-corrected chi connectivity index (χ4v) is 2.73. The van der Waals surface area contributed by atoms with Gasteiger partial charge < -0.3 is 15.4 Å². The maximum Gasteiger partial charge on any atom is 0.263 e. The summed E-state index contributed by atoms with van der Waals surface area (Å²) in [5.74, 6) is 0.805. The van der Waals surface area contributed by atoms with Gasteiger partial charge in [0, 0.05) is 24.7 Å². The molecule has 1 saturated heterocycles. The first-order valence-electron chi connectivity index (χ1n) is 7.93. The number of nitrogens with zero attached hydrogens (tertiary/aromatic N) is 1. The quantitative estimate of drug-likeness (QED) is 0.907. The lowest BCUT2D eigenvalue weighted by Crippen LogP contribution is -2.43. The molecule has 2 N–H and O–H groups in total. The summed E-state index contributed by atoms with van der Waals surface area (Å²) in [6, 6.07) is 7.68. The molecule has 1 aromatic rings. The second-order valence-corrected chi connectivity index (χ2v) is 5.70. The van der Waals surface area contributed by atoms with Crippen LogP contribution in [0, 0.1) is 0 Å². The van der Waals surface area contributed by atoms with Crippen LogP contribution in [0.15, 0.2) is 24.3 Å². The van der Waals surface area contributed by atoms with E-state index in [1.807, 2.05) is 43.0 Å². The molecule has 1 aliphatic rings. The highest BCUT2D eigenvalue weighted by Crippen LogP contribution is 2.26. The Bertz CT molecular complexity index is 470. The molecule has 1 aromatic carbocycles. The van der Waals surface area contributed by atoms with Gasteiger partial charge in [0.2, 0.25) is 0 Å². The van der Waals surface area contributed by atoms with E-state index in [0.717, 1.165) is 43.7 Å². The molecule has 0 saturated carbocycles. The van der Waals surface area contributed by atoms with Crippen LogP contribution in [0.4, 0.5) is 0 Å². The van der Waals surface area contributed by atoms with E-state index < -0.39 is 6.10 Å². The predicted molar refractivity (Wildman–Crippen MR) is 84.2 cm³/mol. The van der Waals surface area contributed by atoms with Crippen LogP contribution in [0.25, 0.3) is 0 Å². The predicted octanol–water partition coefficient (Wildman–Crippen LogP) is 2.88. The van der Waals surface area contributed by atoms with Gasteiger partial charge in [0.15, 0.2) is 6.10 Å². The zero-order valence-corrected chi connectivity index (χ0v) is 13.0. The van der Waals surface area contributed by atoms with Crippen LogP contribution in [0.5, 0.6) is 5.75 Å². The van der Waals surface area contributed by atoms with Crippen LogP contribution in [-0.2, 0) is 4.79 Å². The molecule has 4 heteroatoms. The van der Waals surface area contributed by atoms with Crippen LogP contribution in [0.1, 0.15) is 51.1 Å².